The first-order valence-electron chi connectivity index (χ1n) is 9.77. The van der Waals surface area contributed by atoms with E-state index in [1.165, 1.54) is 15.7 Å². The van der Waals surface area contributed by atoms with E-state index in [4.69, 9.17) is 4.74 Å². The molecule has 1 aromatic carbocycles. The second-order valence-corrected chi connectivity index (χ2v) is 11.6. The summed E-state index contributed by atoms with van der Waals surface area (Å²) in [6.45, 7) is 4.31. The van der Waals surface area contributed by atoms with Crippen LogP contribution in [0.4, 0.5) is 5.69 Å². The lowest BCUT2D eigenvalue weighted by Gasteiger charge is -2.32. The van der Waals surface area contributed by atoms with E-state index in [0.29, 0.717) is 42.6 Å². The first-order chi connectivity index (χ1) is 13.6. The van der Waals surface area contributed by atoms with Gasteiger partial charge in [0.1, 0.15) is 0 Å². The van der Waals surface area contributed by atoms with E-state index in [0.717, 1.165) is 6.42 Å². The predicted molar refractivity (Wildman–Crippen MR) is 110 cm³/mol. The van der Waals surface area contributed by atoms with Crippen molar-refractivity contribution in [2.75, 3.05) is 36.8 Å². The van der Waals surface area contributed by atoms with Gasteiger partial charge in [-0.05, 0) is 62.8 Å². The molecule has 2 fully saturated rings. The third-order valence-electron chi connectivity index (χ3n) is 5.67. The van der Waals surface area contributed by atoms with Gasteiger partial charge in [-0.15, -0.1) is 0 Å². The van der Waals surface area contributed by atoms with E-state index in [1.807, 2.05) is 0 Å². The molecule has 0 bridgehead atoms. The van der Waals surface area contributed by atoms with Crippen molar-refractivity contribution in [3.8, 4) is 0 Å². The summed E-state index contributed by atoms with van der Waals surface area (Å²) in [6, 6.07) is 3.29. The first kappa shape index (κ1) is 22.0. The summed E-state index contributed by atoms with van der Waals surface area (Å²) < 4.78 is 58.9. The third kappa shape index (κ3) is 4.29. The number of hydrogen-bond acceptors (Lipinski definition) is 6. The smallest absolute Gasteiger partial charge is 0.308 e. The quantitative estimate of drug-likeness (QED) is 0.657. The van der Waals surface area contributed by atoms with Crippen LogP contribution in [0.2, 0.25) is 0 Å². The molecular weight excluding hydrogens is 416 g/mol. The van der Waals surface area contributed by atoms with E-state index in [2.05, 4.69) is 0 Å². The van der Waals surface area contributed by atoms with Crippen molar-refractivity contribution < 1.29 is 26.4 Å². The van der Waals surface area contributed by atoms with Crippen molar-refractivity contribution in [2.24, 2.45) is 5.92 Å². The predicted octanol–water partition coefficient (Wildman–Crippen LogP) is 1.81. The van der Waals surface area contributed by atoms with Crippen LogP contribution in [-0.4, -0.2) is 59.6 Å². The Labute approximate surface area is 172 Å². The highest BCUT2D eigenvalue weighted by Crippen LogP contribution is 2.33. The molecular formula is C19H28N2O6S2. The Bertz CT molecular complexity index is 973. The molecule has 2 heterocycles. The van der Waals surface area contributed by atoms with E-state index in [9.17, 15) is 21.6 Å². The van der Waals surface area contributed by atoms with Gasteiger partial charge in [-0.1, -0.05) is 0 Å². The number of benzene rings is 1. The molecule has 2 aliphatic rings. The number of hydrogen-bond donors (Lipinski definition) is 0. The van der Waals surface area contributed by atoms with Gasteiger partial charge in [0.15, 0.2) is 0 Å². The van der Waals surface area contributed by atoms with Crippen LogP contribution in [0.1, 0.15) is 36.8 Å². The van der Waals surface area contributed by atoms with Crippen molar-refractivity contribution in [3.63, 3.8) is 0 Å². The number of carbonyl (C=O) groups is 1. The molecule has 0 aliphatic carbocycles. The Hall–Kier alpha value is -1.65. The largest absolute Gasteiger partial charge is 0.469 e. The van der Waals surface area contributed by atoms with Crippen LogP contribution in [0.15, 0.2) is 17.0 Å². The van der Waals surface area contributed by atoms with Gasteiger partial charge in [0.2, 0.25) is 20.0 Å². The number of ether oxygens (including phenoxy) is 1. The summed E-state index contributed by atoms with van der Waals surface area (Å²) >= 11 is 0. The Kier molecular flexibility index (Phi) is 6.26. The van der Waals surface area contributed by atoms with Gasteiger partial charge in [0.25, 0.3) is 0 Å². The minimum Gasteiger partial charge on any atom is -0.469 e. The number of esters is 1. The van der Waals surface area contributed by atoms with Crippen LogP contribution in [-0.2, 0) is 29.6 Å². The van der Waals surface area contributed by atoms with Crippen LogP contribution < -0.4 is 4.31 Å². The summed E-state index contributed by atoms with van der Waals surface area (Å²) in [5.41, 5.74) is 1.56. The molecule has 29 heavy (non-hydrogen) atoms. The van der Waals surface area contributed by atoms with E-state index >= 15 is 0 Å². The van der Waals surface area contributed by atoms with Gasteiger partial charge in [0, 0.05) is 19.6 Å². The topological polar surface area (TPSA) is 101 Å². The average molecular weight is 445 g/mol. The Morgan fingerprint density at radius 3 is 2.17 bits per heavy atom. The van der Waals surface area contributed by atoms with Crippen LogP contribution in [0, 0.1) is 19.8 Å². The second kappa shape index (κ2) is 8.23. The second-order valence-electron chi connectivity index (χ2n) is 7.71. The minimum absolute atomic E-state index is 0.111. The molecule has 10 heteroatoms. The monoisotopic (exact) mass is 444 g/mol. The first-order valence-corrected chi connectivity index (χ1v) is 12.8. The molecule has 0 saturated carbocycles. The van der Waals surface area contributed by atoms with Crippen molar-refractivity contribution >= 4 is 31.7 Å². The van der Waals surface area contributed by atoms with Crippen LogP contribution in [0.3, 0.4) is 0 Å². The van der Waals surface area contributed by atoms with Gasteiger partial charge >= 0.3 is 5.97 Å². The zero-order valence-corrected chi connectivity index (χ0v) is 18.7. The van der Waals surface area contributed by atoms with Crippen molar-refractivity contribution in [2.45, 2.75) is 44.4 Å². The number of nitrogens with zero attached hydrogens (tertiary/aromatic N) is 2. The van der Waals surface area contributed by atoms with Crippen LogP contribution >= 0.6 is 0 Å². The molecule has 0 atom stereocenters. The Balaban J connectivity index is 1.88. The van der Waals surface area contributed by atoms with Gasteiger partial charge in [-0.2, -0.15) is 4.31 Å². The maximum atomic E-state index is 13.3. The van der Waals surface area contributed by atoms with Crippen LogP contribution in [0.25, 0.3) is 0 Å². The lowest BCUT2D eigenvalue weighted by atomic mass is 9.99. The van der Waals surface area contributed by atoms with Crippen molar-refractivity contribution in [3.05, 3.63) is 23.3 Å². The molecule has 0 spiro atoms. The van der Waals surface area contributed by atoms with Gasteiger partial charge < -0.3 is 4.74 Å². The fraction of sp³-hybridized carbons (Fsp3) is 0.632. The standard InChI is InChI=1S/C19H28N2O6S2/c1-14-12-17(21-8-4-5-11-28(21,23)24)13-15(2)18(14)29(25,26)20-9-6-16(7-10-20)19(22)27-3/h12-13,16H,4-11H2,1-3H3. The molecule has 0 amide bonds. The highest BCUT2D eigenvalue weighted by atomic mass is 32.2. The molecule has 162 valence electrons. The lowest BCUT2D eigenvalue weighted by Crippen LogP contribution is -2.41. The lowest BCUT2D eigenvalue weighted by molar-refractivity contribution is -0.146. The van der Waals surface area contributed by atoms with Crippen LogP contribution in [0.5, 0.6) is 0 Å². The Morgan fingerprint density at radius 1 is 1.07 bits per heavy atom. The SMILES string of the molecule is COC(=O)C1CCN(S(=O)(=O)c2c(C)cc(N3CCCCS3(=O)=O)cc2C)CC1. The number of rotatable bonds is 4. The maximum absolute atomic E-state index is 13.3. The van der Waals surface area contributed by atoms with Crippen molar-refractivity contribution in [1.29, 1.82) is 0 Å². The zero-order chi connectivity index (χ0) is 21.4. The summed E-state index contributed by atoms with van der Waals surface area (Å²) in [7, 11) is -5.77. The number of methoxy groups -OCH3 is 1. The molecule has 0 N–H and O–H groups in total. The molecule has 3 rings (SSSR count). The molecule has 8 nitrogen and oxygen atoms in total. The summed E-state index contributed by atoms with van der Waals surface area (Å²) in [6.07, 6.45) is 2.28. The molecule has 0 aromatic heterocycles. The number of anilines is 1. The average Bonchev–Trinajstić information content (AvgIpc) is 2.66. The number of sulfonamides is 2. The summed E-state index contributed by atoms with van der Waals surface area (Å²) in [5, 5.41) is 0. The van der Waals surface area contributed by atoms with Gasteiger partial charge in [0.05, 0.1) is 29.4 Å². The van der Waals surface area contributed by atoms with E-state index in [1.54, 1.807) is 26.0 Å². The number of aryl methyl sites for hydroxylation is 2. The maximum Gasteiger partial charge on any atom is 0.308 e. The molecule has 2 saturated heterocycles. The fourth-order valence-corrected chi connectivity index (χ4v) is 7.69. The highest BCUT2D eigenvalue weighted by Gasteiger charge is 2.35. The minimum atomic E-state index is -3.74. The normalized spacial score (nSPS) is 21.1. The highest BCUT2D eigenvalue weighted by molar-refractivity contribution is 7.92. The number of piperidine rings is 1. The van der Waals surface area contributed by atoms with Gasteiger partial charge in [-0.3, -0.25) is 9.10 Å². The molecule has 0 radical (unpaired) electrons. The zero-order valence-electron chi connectivity index (χ0n) is 17.0. The third-order valence-corrected chi connectivity index (χ3v) is 9.74. The van der Waals surface area contributed by atoms with Gasteiger partial charge in [-0.25, -0.2) is 16.8 Å². The summed E-state index contributed by atoms with van der Waals surface area (Å²) in [5.74, 6) is -0.470. The Morgan fingerprint density at radius 2 is 1.66 bits per heavy atom. The summed E-state index contributed by atoms with van der Waals surface area (Å²) in [4.78, 5) is 11.9. The van der Waals surface area contributed by atoms with E-state index < -0.39 is 20.0 Å². The molecule has 0 unspecified atom stereocenters. The fourth-order valence-electron chi connectivity index (χ4n) is 4.18. The number of carbonyl (C=O) groups excluding carboxylic acids is 1. The molecule has 2 aliphatic heterocycles. The van der Waals surface area contributed by atoms with Crippen molar-refractivity contribution in [1.82, 2.24) is 4.31 Å². The van der Waals surface area contributed by atoms with E-state index in [-0.39, 0.29) is 35.6 Å². The molecule has 1 aromatic rings.